The smallest absolute Gasteiger partial charge is 0.213 e. The average Bonchev–Trinajstić information content (AvgIpc) is 3.29. The highest BCUT2D eigenvalue weighted by Crippen LogP contribution is 2.47. The highest BCUT2D eigenvalue weighted by molar-refractivity contribution is 6.04. The Kier molecular flexibility index (Phi) is 4.50. The van der Waals surface area contributed by atoms with Crippen LogP contribution in [0, 0.1) is 0 Å². The Bertz CT molecular complexity index is 1320. The molecule has 0 fully saturated rings. The molecule has 0 bridgehead atoms. The summed E-state index contributed by atoms with van der Waals surface area (Å²) in [4.78, 5) is 0. The van der Waals surface area contributed by atoms with Gasteiger partial charge in [0.1, 0.15) is 5.75 Å². The molecule has 0 spiro atoms. The van der Waals surface area contributed by atoms with Gasteiger partial charge in [-0.05, 0) is 39.9 Å². The summed E-state index contributed by atoms with van der Waals surface area (Å²) in [6.07, 6.45) is 0.647. The second kappa shape index (κ2) is 7.52. The van der Waals surface area contributed by atoms with Crippen molar-refractivity contribution in [3.8, 4) is 5.75 Å². The quantitative estimate of drug-likeness (QED) is 0.351. The molecule has 2 heterocycles. The van der Waals surface area contributed by atoms with E-state index >= 15 is 0 Å². The molecule has 4 aromatic carbocycles. The highest BCUT2D eigenvalue weighted by atomic mass is 16.5. The van der Waals surface area contributed by atoms with Gasteiger partial charge in [-0.15, -0.1) is 0 Å². The number of benzene rings is 4. The molecule has 0 saturated carbocycles. The Morgan fingerprint density at radius 2 is 1.59 bits per heavy atom. The van der Waals surface area contributed by atoms with Gasteiger partial charge in [-0.25, -0.2) is 5.01 Å². The molecule has 2 atom stereocenters. The van der Waals surface area contributed by atoms with Crippen molar-refractivity contribution in [2.75, 3.05) is 0 Å². The molecule has 6 rings (SSSR count). The van der Waals surface area contributed by atoms with E-state index < -0.39 is 0 Å². The van der Waals surface area contributed by atoms with Gasteiger partial charge in [0.2, 0.25) is 6.23 Å². The molecule has 0 N–H and O–H groups in total. The summed E-state index contributed by atoms with van der Waals surface area (Å²) in [6.45, 7) is 4.44. The topological polar surface area (TPSA) is 24.8 Å². The monoisotopic (exact) mass is 418 g/mol. The van der Waals surface area contributed by atoms with E-state index in [9.17, 15) is 0 Å². The van der Waals surface area contributed by atoms with Gasteiger partial charge in [0.25, 0.3) is 0 Å². The third-order valence-corrected chi connectivity index (χ3v) is 6.67. The van der Waals surface area contributed by atoms with Gasteiger partial charge in [0.15, 0.2) is 0 Å². The number of ether oxygens (including phenoxy) is 1. The normalized spacial score (nSPS) is 19.5. The third-order valence-electron chi connectivity index (χ3n) is 6.67. The van der Waals surface area contributed by atoms with Crippen LogP contribution in [0.15, 0.2) is 96.1 Å². The van der Waals surface area contributed by atoms with E-state index in [-0.39, 0.29) is 12.3 Å². The predicted octanol–water partition coefficient (Wildman–Crippen LogP) is 7.21. The standard InChI is InChI=1S/C29H26N2O/c1-19(2)20-11-14-22(15-12-20)29-31-27(25-9-5-6-10-28(25)32-29)18-26(30-31)24-16-13-21-7-3-4-8-23(21)17-24/h3-17,19,27,29H,18H2,1-2H3/t27-,29-/m0/s1. The zero-order chi connectivity index (χ0) is 21.7. The fraction of sp³-hybridized carbons (Fsp3) is 0.207. The molecule has 158 valence electrons. The number of nitrogens with zero attached hydrogens (tertiary/aromatic N) is 2. The lowest BCUT2D eigenvalue weighted by Crippen LogP contribution is -2.33. The first-order chi connectivity index (χ1) is 15.7. The van der Waals surface area contributed by atoms with E-state index in [0.717, 1.165) is 23.4 Å². The van der Waals surface area contributed by atoms with Crippen LogP contribution in [0.3, 0.4) is 0 Å². The summed E-state index contributed by atoms with van der Waals surface area (Å²) >= 11 is 0. The van der Waals surface area contributed by atoms with Crippen molar-refractivity contribution in [2.45, 2.75) is 38.5 Å². The molecule has 2 aliphatic heterocycles. The molecular weight excluding hydrogens is 392 g/mol. The van der Waals surface area contributed by atoms with Gasteiger partial charge in [-0.3, -0.25) is 0 Å². The van der Waals surface area contributed by atoms with Crippen LogP contribution in [0.4, 0.5) is 0 Å². The number of fused-ring (bicyclic) bond motifs is 4. The van der Waals surface area contributed by atoms with Crippen LogP contribution in [0.2, 0.25) is 0 Å². The molecule has 0 saturated heterocycles. The van der Waals surface area contributed by atoms with E-state index in [1.807, 2.05) is 6.07 Å². The molecule has 3 heteroatoms. The number of hydrogen-bond donors (Lipinski definition) is 0. The van der Waals surface area contributed by atoms with Crippen LogP contribution >= 0.6 is 0 Å². The minimum absolute atomic E-state index is 0.177. The molecular formula is C29H26N2O. The second-order valence-corrected chi connectivity index (χ2v) is 9.04. The molecule has 2 aliphatic rings. The number of para-hydroxylation sites is 1. The van der Waals surface area contributed by atoms with E-state index in [1.165, 1.54) is 27.5 Å². The molecule has 0 amide bonds. The fourth-order valence-electron chi connectivity index (χ4n) is 4.84. The largest absolute Gasteiger partial charge is 0.464 e. The Morgan fingerprint density at radius 3 is 2.41 bits per heavy atom. The molecule has 0 radical (unpaired) electrons. The van der Waals surface area contributed by atoms with Crippen molar-refractivity contribution >= 4 is 16.5 Å². The van der Waals surface area contributed by atoms with Gasteiger partial charge in [-0.2, -0.15) is 5.10 Å². The summed E-state index contributed by atoms with van der Waals surface area (Å²) in [6, 6.07) is 32.5. The molecule has 32 heavy (non-hydrogen) atoms. The van der Waals surface area contributed by atoms with Gasteiger partial charge in [0, 0.05) is 17.5 Å². The highest BCUT2D eigenvalue weighted by Gasteiger charge is 2.40. The van der Waals surface area contributed by atoms with E-state index in [1.54, 1.807) is 0 Å². The summed E-state index contributed by atoms with van der Waals surface area (Å²) in [7, 11) is 0. The molecule has 0 aliphatic carbocycles. The van der Waals surface area contributed by atoms with Crippen LogP contribution in [0.25, 0.3) is 10.8 Å². The van der Waals surface area contributed by atoms with E-state index in [4.69, 9.17) is 9.84 Å². The zero-order valence-electron chi connectivity index (χ0n) is 18.4. The lowest BCUT2D eigenvalue weighted by molar-refractivity contribution is -0.0190. The minimum Gasteiger partial charge on any atom is -0.464 e. The fourth-order valence-corrected chi connectivity index (χ4v) is 4.84. The first-order valence-electron chi connectivity index (χ1n) is 11.4. The number of rotatable bonds is 3. The average molecular weight is 419 g/mol. The van der Waals surface area contributed by atoms with Gasteiger partial charge in [-0.1, -0.05) is 92.7 Å². The Balaban J connectivity index is 1.42. The van der Waals surface area contributed by atoms with Crippen LogP contribution in [-0.2, 0) is 0 Å². The number of hydrogen-bond acceptors (Lipinski definition) is 3. The summed E-state index contributed by atoms with van der Waals surface area (Å²) in [5.74, 6) is 1.47. The van der Waals surface area contributed by atoms with Crippen molar-refractivity contribution < 1.29 is 4.74 Å². The van der Waals surface area contributed by atoms with Crippen LogP contribution in [0.5, 0.6) is 5.75 Å². The first kappa shape index (κ1) is 19.1. The van der Waals surface area contributed by atoms with Crippen LogP contribution in [-0.4, -0.2) is 10.7 Å². The van der Waals surface area contributed by atoms with Crippen molar-refractivity contribution in [1.29, 1.82) is 0 Å². The first-order valence-corrected chi connectivity index (χ1v) is 11.4. The van der Waals surface area contributed by atoms with Crippen LogP contribution in [0.1, 0.15) is 60.7 Å². The number of hydrazone groups is 1. The van der Waals surface area contributed by atoms with E-state index in [2.05, 4.69) is 104 Å². The SMILES string of the molecule is CC(C)c1ccc([C@@H]2Oc3ccccc3[C@@H]3CC(c4ccc5ccccc5c4)=NN32)cc1. The lowest BCUT2D eigenvalue weighted by atomic mass is 9.94. The Morgan fingerprint density at radius 1 is 0.844 bits per heavy atom. The predicted molar refractivity (Wildman–Crippen MR) is 130 cm³/mol. The molecule has 3 nitrogen and oxygen atoms in total. The molecule has 0 aromatic heterocycles. The zero-order valence-corrected chi connectivity index (χ0v) is 18.4. The van der Waals surface area contributed by atoms with Crippen molar-refractivity contribution in [3.63, 3.8) is 0 Å². The van der Waals surface area contributed by atoms with E-state index in [0.29, 0.717) is 5.92 Å². The minimum atomic E-state index is -0.228. The molecule has 4 aromatic rings. The Hall–Kier alpha value is -3.59. The summed E-state index contributed by atoms with van der Waals surface area (Å²) in [5, 5.41) is 9.79. The lowest BCUT2D eigenvalue weighted by Gasteiger charge is -2.38. The second-order valence-electron chi connectivity index (χ2n) is 9.04. The Labute approximate surface area is 189 Å². The maximum absolute atomic E-state index is 6.51. The van der Waals surface area contributed by atoms with Crippen LogP contribution < -0.4 is 4.74 Å². The van der Waals surface area contributed by atoms with Gasteiger partial charge in [0.05, 0.1) is 11.8 Å². The van der Waals surface area contributed by atoms with Gasteiger partial charge >= 0.3 is 0 Å². The molecule has 0 unspecified atom stereocenters. The van der Waals surface area contributed by atoms with Gasteiger partial charge < -0.3 is 4.74 Å². The van der Waals surface area contributed by atoms with Crippen molar-refractivity contribution in [1.82, 2.24) is 5.01 Å². The summed E-state index contributed by atoms with van der Waals surface area (Å²) in [5.41, 5.74) is 5.98. The summed E-state index contributed by atoms with van der Waals surface area (Å²) < 4.78 is 6.51. The maximum Gasteiger partial charge on any atom is 0.213 e. The third kappa shape index (κ3) is 3.16. The maximum atomic E-state index is 6.51. The van der Waals surface area contributed by atoms with Crippen molar-refractivity contribution in [3.05, 3.63) is 113 Å². The van der Waals surface area contributed by atoms with Crippen molar-refractivity contribution in [2.24, 2.45) is 5.10 Å².